The lowest BCUT2D eigenvalue weighted by Gasteiger charge is -2.23. The Balaban J connectivity index is 2.00. The molecule has 20 heavy (non-hydrogen) atoms. The average molecular weight is 277 g/mol. The maximum absolute atomic E-state index is 11.7. The zero-order valence-corrected chi connectivity index (χ0v) is 11.9. The number of nitrogens with two attached hydrogens (primary N) is 1. The van der Waals surface area contributed by atoms with Crippen LogP contribution in [0.5, 0.6) is 0 Å². The Bertz CT molecular complexity index is 482. The van der Waals surface area contributed by atoms with Crippen molar-refractivity contribution in [1.29, 1.82) is 0 Å². The van der Waals surface area contributed by atoms with Crippen molar-refractivity contribution < 1.29 is 9.90 Å². The Morgan fingerprint density at radius 1 is 1.40 bits per heavy atom. The highest BCUT2D eigenvalue weighted by Gasteiger charge is 2.30. The molecule has 110 valence electrons. The average Bonchev–Trinajstić information content (AvgIpc) is 2.85. The molecule has 0 aliphatic heterocycles. The zero-order chi connectivity index (χ0) is 14.6. The molecule has 5 nitrogen and oxygen atoms in total. The maximum Gasteiger partial charge on any atom is 0.251 e. The van der Waals surface area contributed by atoms with Crippen LogP contribution in [0.1, 0.15) is 43.0 Å². The van der Waals surface area contributed by atoms with Crippen LogP contribution in [-0.4, -0.2) is 29.7 Å². The van der Waals surface area contributed by atoms with E-state index in [2.05, 4.69) is 10.6 Å². The molecular formula is C15H23N3O2. The maximum atomic E-state index is 11.7. The third kappa shape index (κ3) is 3.42. The highest BCUT2D eigenvalue weighted by atomic mass is 16.3. The van der Waals surface area contributed by atoms with Crippen LogP contribution < -0.4 is 16.4 Å². The van der Waals surface area contributed by atoms with Crippen LogP contribution in [-0.2, 0) is 0 Å². The quantitative estimate of drug-likeness (QED) is 0.617. The van der Waals surface area contributed by atoms with Gasteiger partial charge in [-0.3, -0.25) is 4.79 Å². The second-order valence-electron chi connectivity index (χ2n) is 5.45. The lowest BCUT2D eigenvalue weighted by atomic mass is 10.0. The van der Waals surface area contributed by atoms with Crippen LogP contribution in [0.4, 0.5) is 11.4 Å². The number of amides is 1. The fraction of sp³-hybridized carbons (Fsp3) is 0.533. The predicted octanol–water partition coefficient (Wildman–Crippen LogP) is 1.74. The number of hydrogen-bond donors (Lipinski definition) is 4. The number of nitrogen functional groups attached to an aromatic ring is 1. The molecule has 0 heterocycles. The van der Waals surface area contributed by atoms with Crippen LogP contribution in [0, 0.1) is 0 Å². The van der Waals surface area contributed by atoms with Crippen molar-refractivity contribution in [2.45, 2.75) is 38.2 Å². The molecule has 1 amide bonds. The smallest absolute Gasteiger partial charge is 0.251 e. The molecule has 1 aromatic rings. The second kappa shape index (κ2) is 6.13. The second-order valence-corrected chi connectivity index (χ2v) is 5.45. The molecule has 5 heteroatoms. The van der Waals surface area contributed by atoms with Gasteiger partial charge in [0.15, 0.2) is 0 Å². The van der Waals surface area contributed by atoms with Gasteiger partial charge in [0.25, 0.3) is 5.91 Å². The molecule has 0 bridgehead atoms. The van der Waals surface area contributed by atoms with E-state index in [1.54, 1.807) is 18.2 Å². The number of benzene rings is 1. The van der Waals surface area contributed by atoms with Crippen molar-refractivity contribution in [3.63, 3.8) is 0 Å². The predicted molar refractivity (Wildman–Crippen MR) is 80.8 cm³/mol. The molecule has 2 rings (SSSR count). The van der Waals surface area contributed by atoms with E-state index in [9.17, 15) is 9.90 Å². The van der Waals surface area contributed by atoms with Gasteiger partial charge in [-0.25, -0.2) is 0 Å². The first-order chi connectivity index (χ1) is 9.54. The Hall–Kier alpha value is -1.75. The van der Waals surface area contributed by atoms with Gasteiger partial charge in [0.1, 0.15) is 0 Å². The van der Waals surface area contributed by atoms with Crippen LogP contribution in [0.15, 0.2) is 18.2 Å². The van der Waals surface area contributed by atoms with Crippen molar-refractivity contribution >= 4 is 17.3 Å². The summed E-state index contributed by atoms with van der Waals surface area (Å²) < 4.78 is 0. The van der Waals surface area contributed by atoms with E-state index in [1.165, 1.54) is 0 Å². The number of aliphatic hydroxyl groups is 1. The van der Waals surface area contributed by atoms with E-state index in [4.69, 9.17) is 5.73 Å². The fourth-order valence-electron chi connectivity index (χ4n) is 2.60. The van der Waals surface area contributed by atoms with E-state index in [0.29, 0.717) is 24.3 Å². The van der Waals surface area contributed by atoms with Crippen LogP contribution in [0.3, 0.4) is 0 Å². The highest BCUT2D eigenvalue weighted by molar-refractivity contribution is 5.96. The fourth-order valence-corrected chi connectivity index (χ4v) is 2.60. The van der Waals surface area contributed by atoms with Gasteiger partial charge in [0, 0.05) is 18.7 Å². The van der Waals surface area contributed by atoms with Gasteiger partial charge in [0.2, 0.25) is 0 Å². The van der Waals surface area contributed by atoms with Crippen LogP contribution >= 0.6 is 0 Å². The molecule has 0 radical (unpaired) electrons. The summed E-state index contributed by atoms with van der Waals surface area (Å²) in [5.74, 6) is -0.125. The van der Waals surface area contributed by atoms with Crippen LogP contribution in [0.2, 0.25) is 0 Å². The van der Waals surface area contributed by atoms with E-state index in [0.717, 1.165) is 31.4 Å². The van der Waals surface area contributed by atoms with E-state index in [-0.39, 0.29) is 5.91 Å². The first-order valence-corrected chi connectivity index (χ1v) is 7.18. The van der Waals surface area contributed by atoms with Crippen molar-refractivity contribution in [2.24, 2.45) is 0 Å². The number of anilines is 2. The van der Waals surface area contributed by atoms with Crippen molar-refractivity contribution in [2.75, 3.05) is 24.1 Å². The van der Waals surface area contributed by atoms with Crippen molar-refractivity contribution in [3.05, 3.63) is 23.8 Å². The molecule has 0 saturated heterocycles. The molecule has 1 aliphatic carbocycles. The van der Waals surface area contributed by atoms with Gasteiger partial charge >= 0.3 is 0 Å². The van der Waals surface area contributed by atoms with Gasteiger partial charge in [-0.05, 0) is 38.0 Å². The molecule has 0 aromatic heterocycles. The molecule has 1 fully saturated rings. The summed E-state index contributed by atoms with van der Waals surface area (Å²) in [5, 5.41) is 16.2. The first-order valence-electron chi connectivity index (χ1n) is 7.18. The van der Waals surface area contributed by atoms with Gasteiger partial charge in [-0.15, -0.1) is 0 Å². The third-order valence-electron chi connectivity index (χ3n) is 3.79. The largest absolute Gasteiger partial charge is 0.397 e. The highest BCUT2D eigenvalue weighted by Crippen LogP contribution is 2.30. The van der Waals surface area contributed by atoms with Crippen LogP contribution in [0.25, 0.3) is 0 Å². The topological polar surface area (TPSA) is 87.4 Å². The number of carbonyl (C=O) groups excluding carboxylic acids is 1. The summed E-state index contributed by atoms with van der Waals surface area (Å²) >= 11 is 0. The Morgan fingerprint density at radius 3 is 2.70 bits per heavy atom. The molecule has 1 saturated carbocycles. The van der Waals surface area contributed by atoms with Gasteiger partial charge in [-0.1, -0.05) is 12.8 Å². The number of rotatable bonds is 5. The minimum atomic E-state index is -0.620. The van der Waals surface area contributed by atoms with E-state index in [1.807, 2.05) is 6.92 Å². The van der Waals surface area contributed by atoms with E-state index >= 15 is 0 Å². The number of carbonyl (C=O) groups is 1. The van der Waals surface area contributed by atoms with Gasteiger partial charge in [-0.2, -0.15) is 0 Å². The number of hydrogen-bond acceptors (Lipinski definition) is 4. The minimum absolute atomic E-state index is 0.125. The standard InChI is InChI=1S/C15H23N3O2/c1-2-17-14(19)11-5-6-13(12(16)9-11)18-10-15(20)7-3-4-8-15/h5-6,9,18,20H,2-4,7-8,10,16H2,1H3,(H,17,19). The minimum Gasteiger partial charge on any atom is -0.397 e. The lowest BCUT2D eigenvalue weighted by molar-refractivity contribution is 0.0615. The van der Waals surface area contributed by atoms with E-state index < -0.39 is 5.60 Å². The monoisotopic (exact) mass is 277 g/mol. The first kappa shape index (κ1) is 14.7. The SMILES string of the molecule is CCNC(=O)c1ccc(NCC2(O)CCCC2)c(N)c1. The summed E-state index contributed by atoms with van der Waals surface area (Å²) in [5.41, 5.74) is 7.18. The lowest BCUT2D eigenvalue weighted by Crippen LogP contribution is -2.33. The molecule has 1 aromatic carbocycles. The zero-order valence-electron chi connectivity index (χ0n) is 11.9. The van der Waals surface area contributed by atoms with Gasteiger partial charge < -0.3 is 21.5 Å². The Labute approximate surface area is 119 Å². The molecule has 0 unspecified atom stereocenters. The third-order valence-corrected chi connectivity index (χ3v) is 3.79. The summed E-state index contributed by atoms with van der Waals surface area (Å²) in [6.07, 6.45) is 3.81. The molecular weight excluding hydrogens is 254 g/mol. The molecule has 1 aliphatic rings. The molecule has 0 spiro atoms. The normalized spacial score (nSPS) is 16.9. The van der Waals surface area contributed by atoms with Crippen molar-refractivity contribution in [3.8, 4) is 0 Å². The Morgan fingerprint density at radius 2 is 2.10 bits per heavy atom. The summed E-state index contributed by atoms with van der Waals surface area (Å²) in [4.78, 5) is 11.7. The van der Waals surface area contributed by atoms with Crippen molar-refractivity contribution in [1.82, 2.24) is 5.32 Å². The molecule has 5 N–H and O–H groups in total. The molecule has 0 atom stereocenters. The number of nitrogens with one attached hydrogen (secondary N) is 2. The Kier molecular flexibility index (Phi) is 4.49. The summed E-state index contributed by atoms with van der Waals surface area (Å²) in [6, 6.07) is 5.19. The summed E-state index contributed by atoms with van der Waals surface area (Å²) in [6.45, 7) is 2.96. The van der Waals surface area contributed by atoms with Gasteiger partial charge in [0.05, 0.1) is 17.0 Å². The summed E-state index contributed by atoms with van der Waals surface area (Å²) in [7, 11) is 0.